The van der Waals surface area contributed by atoms with E-state index in [1.54, 1.807) is 0 Å². The maximum Gasteiger partial charge on any atom is 0.0508 e. The van der Waals surface area contributed by atoms with Gasteiger partial charge < -0.3 is 10.7 Å². The summed E-state index contributed by atoms with van der Waals surface area (Å²) < 4.78 is 1.09. The van der Waals surface area contributed by atoms with Crippen LogP contribution < -0.4 is 5.73 Å². The topological polar surface area (TPSA) is 41.8 Å². The average molecular weight is 378 g/mol. The molecule has 0 radical (unpaired) electrons. The third-order valence-electron chi connectivity index (χ3n) is 3.89. The number of nitrogens with two attached hydrogens (primary N) is 1. The minimum atomic E-state index is 0.730. The van der Waals surface area contributed by atoms with Crippen LogP contribution in [0, 0.1) is 0 Å². The minimum Gasteiger partial charge on any atom is -0.354 e. The Labute approximate surface area is 143 Å². The Hall–Kier alpha value is -1.29. The molecule has 0 unspecified atom stereocenters. The Kier molecular flexibility index (Phi) is 4.87. The molecule has 2 aromatic carbocycles. The fraction of sp³-hybridized carbons (Fsp3) is 0.222. The summed E-state index contributed by atoms with van der Waals surface area (Å²) in [4.78, 5) is 3.56. The monoisotopic (exact) mass is 376 g/mol. The number of hydrogen-bond acceptors (Lipinski definition) is 1. The first-order valence-corrected chi connectivity index (χ1v) is 8.63. The predicted molar refractivity (Wildman–Crippen MR) is 98.4 cm³/mol. The van der Waals surface area contributed by atoms with Gasteiger partial charge >= 0.3 is 0 Å². The van der Waals surface area contributed by atoms with Crippen molar-refractivity contribution in [3.05, 3.63) is 57.5 Å². The molecule has 3 rings (SSSR count). The van der Waals surface area contributed by atoms with Crippen LogP contribution in [0.15, 0.2) is 46.9 Å². The van der Waals surface area contributed by atoms with Crippen molar-refractivity contribution in [1.29, 1.82) is 0 Å². The molecule has 3 N–H and O–H groups in total. The summed E-state index contributed by atoms with van der Waals surface area (Å²) >= 11 is 9.85. The van der Waals surface area contributed by atoms with E-state index in [2.05, 4.69) is 39.1 Å². The molecule has 0 saturated carbocycles. The second-order valence-electron chi connectivity index (χ2n) is 5.39. The largest absolute Gasteiger partial charge is 0.354 e. The summed E-state index contributed by atoms with van der Waals surface area (Å²) in [5.74, 6) is 0. The lowest BCUT2D eigenvalue weighted by molar-refractivity contribution is 0.748. The minimum absolute atomic E-state index is 0.730. The molecular formula is C18H18BrClN2. The van der Waals surface area contributed by atoms with E-state index in [1.807, 2.05) is 24.3 Å². The van der Waals surface area contributed by atoms with Crippen LogP contribution in [0.1, 0.15) is 18.4 Å². The van der Waals surface area contributed by atoms with Crippen LogP contribution in [0.2, 0.25) is 5.02 Å². The molecule has 0 spiro atoms. The maximum absolute atomic E-state index is 6.20. The Bertz CT molecular complexity index is 795. The number of nitrogens with one attached hydrogen (secondary N) is 1. The fourth-order valence-corrected chi connectivity index (χ4v) is 3.47. The van der Waals surface area contributed by atoms with Gasteiger partial charge in [-0.25, -0.2) is 0 Å². The van der Waals surface area contributed by atoms with Crippen molar-refractivity contribution in [1.82, 2.24) is 4.98 Å². The van der Waals surface area contributed by atoms with Crippen molar-refractivity contribution in [2.75, 3.05) is 6.54 Å². The van der Waals surface area contributed by atoms with Gasteiger partial charge in [0.05, 0.1) is 5.69 Å². The smallest absolute Gasteiger partial charge is 0.0508 e. The molecule has 0 amide bonds. The maximum atomic E-state index is 6.20. The van der Waals surface area contributed by atoms with Crippen LogP contribution in [-0.2, 0) is 6.42 Å². The lowest BCUT2D eigenvalue weighted by Gasteiger charge is -2.07. The number of H-pyrrole nitrogens is 1. The number of rotatable bonds is 5. The number of aryl methyl sites for hydroxylation is 1. The Morgan fingerprint density at radius 1 is 1.09 bits per heavy atom. The van der Waals surface area contributed by atoms with Crippen molar-refractivity contribution < 1.29 is 0 Å². The van der Waals surface area contributed by atoms with Crippen molar-refractivity contribution in [3.63, 3.8) is 0 Å². The third kappa shape index (κ3) is 3.07. The molecule has 0 atom stereocenters. The average Bonchev–Trinajstić information content (AvgIpc) is 2.86. The van der Waals surface area contributed by atoms with Gasteiger partial charge in [-0.2, -0.15) is 0 Å². The molecule has 0 saturated heterocycles. The lowest BCUT2D eigenvalue weighted by Crippen LogP contribution is -1.99. The molecule has 2 nitrogen and oxygen atoms in total. The molecule has 0 aliphatic carbocycles. The molecule has 0 aliphatic rings. The van der Waals surface area contributed by atoms with E-state index < -0.39 is 0 Å². The van der Waals surface area contributed by atoms with Gasteiger partial charge in [-0.3, -0.25) is 0 Å². The van der Waals surface area contributed by atoms with Crippen LogP contribution in [0.3, 0.4) is 0 Å². The quantitative estimate of drug-likeness (QED) is 0.564. The first kappa shape index (κ1) is 15.6. The molecule has 114 valence electrons. The summed E-state index contributed by atoms with van der Waals surface area (Å²) in [7, 11) is 0. The highest BCUT2D eigenvalue weighted by Crippen LogP contribution is 2.36. The number of halogens is 2. The first-order chi connectivity index (χ1) is 10.7. The number of hydrogen-bond donors (Lipinski definition) is 2. The van der Waals surface area contributed by atoms with E-state index in [0.717, 1.165) is 40.8 Å². The number of aromatic amines is 1. The highest BCUT2D eigenvalue weighted by molar-refractivity contribution is 9.10. The Morgan fingerprint density at radius 3 is 2.68 bits per heavy atom. The fourth-order valence-electron chi connectivity index (χ4n) is 2.82. The molecule has 1 aromatic heterocycles. The normalized spacial score (nSPS) is 11.2. The third-order valence-corrected chi connectivity index (χ3v) is 4.82. The molecule has 0 bridgehead atoms. The summed E-state index contributed by atoms with van der Waals surface area (Å²) in [6.45, 7) is 0.730. The van der Waals surface area contributed by atoms with Gasteiger partial charge in [0.25, 0.3) is 0 Å². The van der Waals surface area contributed by atoms with Crippen LogP contribution >= 0.6 is 27.5 Å². The van der Waals surface area contributed by atoms with Gasteiger partial charge in [0.15, 0.2) is 0 Å². The lowest BCUT2D eigenvalue weighted by atomic mass is 10.0. The zero-order valence-corrected chi connectivity index (χ0v) is 14.5. The Morgan fingerprint density at radius 2 is 1.91 bits per heavy atom. The summed E-state index contributed by atoms with van der Waals surface area (Å²) in [5, 5.41) is 1.97. The van der Waals surface area contributed by atoms with Crippen molar-refractivity contribution in [2.45, 2.75) is 19.3 Å². The van der Waals surface area contributed by atoms with Gasteiger partial charge in [-0.05, 0) is 55.6 Å². The Balaban J connectivity index is 2.15. The van der Waals surface area contributed by atoms with Crippen LogP contribution in [-0.4, -0.2) is 11.5 Å². The summed E-state index contributed by atoms with van der Waals surface area (Å²) in [6, 6.07) is 14.3. The molecule has 1 heterocycles. The van der Waals surface area contributed by atoms with E-state index in [4.69, 9.17) is 17.3 Å². The molecule has 22 heavy (non-hydrogen) atoms. The molecule has 0 fully saturated rings. The number of fused-ring (bicyclic) bond motifs is 1. The van der Waals surface area contributed by atoms with E-state index >= 15 is 0 Å². The summed E-state index contributed by atoms with van der Waals surface area (Å²) in [5.41, 5.74) is 10.4. The van der Waals surface area contributed by atoms with Crippen molar-refractivity contribution >= 4 is 38.4 Å². The predicted octanol–water partition coefficient (Wildman–Crippen LogP) is 5.53. The zero-order valence-electron chi connectivity index (χ0n) is 12.2. The van der Waals surface area contributed by atoms with E-state index in [-0.39, 0.29) is 0 Å². The van der Waals surface area contributed by atoms with Crippen LogP contribution in [0.25, 0.3) is 22.2 Å². The number of benzene rings is 2. The van der Waals surface area contributed by atoms with Crippen molar-refractivity contribution in [2.24, 2.45) is 5.73 Å². The van der Waals surface area contributed by atoms with Gasteiger partial charge in [0.1, 0.15) is 0 Å². The SMILES string of the molecule is NCCCCc1c(-c2ccccc2Br)[nH]c2ccc(Cl)cc12. The number of aromatic nitrogens is 1. The summed E-state index contributed by atoms with van der Waals surface area (Å²) in [6.07, 6.45) is 3.10. The van der Waals surface area contributed by atoms with E-state index in [9.17, 15) is 0 Å². The van der Waals surface area contributed by atoms with Crippen LogP contribution in [0.5, 0.6) is 0 Å². The van der Waals surface area contributed by atoms with E-state index in [0.29, 0.717) is 0 Å². The van der Waals surface area contributed by atoms with Gasteiger partial charge in [-0.1, -0.05) is 45.7 Å². The highest BCUT2D eigenvalue weighted by atomic mass is 79.9. The first-order valence-electron chi connectivity index (χ1n) is 7.46. The van der Waals surface area contributed by atoms with E-state index in [1.165, 1.54) is 22.2 Å². The zero-order chi connectivity index (χ0) is 15.5. The number of unbranched alkanes of at least 4 members (excludes halogenated alkanes) is 1. The van der Waals surface area contributed by atoms with Crippen LogP contribution in [0.4, 0.5) is 0 Å². The second kappa shape index (κ2) is 6.86. The van der Waals surface area contributed by atoms with Gasteiger partial charge in [0.2, 0.25) is 0 Å². The second-order valence-corrected chi connectivity index (χ2v) is 6.68. The highest BCUT2D eigenvalue weighted by Gasteiger charge is 2.15. The molecule has 4 heteroatoms. The standard InChI is InChI=1S/C18H18BrClN2/c19-16-7-2-1-6-14(16)18-13(5-3-4-10-21)15-11-12(20)8-9-17(15)22-18/h1-2,6-9,11,22H,3-5,10,21H2. The molecular weight excluding hydrogens is 360 g/mol. The molecule has 0 aliphatic heterocycles. The van der Waals surface area contributed by atoms with Gasteiger partial charge in [0, 0.05) is 26.0 Å². The van der Waals surface area contributed by atoms with Crippen molar-refractivity contribution in [3.8, 4) is 11.3 Å². The molecule has 3 aromatic rings. The van der Waals surface area contributed by atoms with Gasteiger partial charge in [-0.15, -0.1) is 0 Å².